The Kier molecular flexibility index (Phi) is 7.40. The van der Waals surface area contributed by atoms with Crippen LogP contribution in [0.5, 0.6) is 11.5 Å². The number of carbonyl (C=O) groups excluding carboxylic acids is 1. The highest BCUT2D eigenvalue weighted by atomic mass is 79.9. The lowest BCUT2D eigenvalue weighted by molar-refractivity contribution is -0.146. The van der Waals surface area contributed by atoms with Gasteiger partial charge in [0.25, 0.3) is 0 Å². The van der Waals surface area contributed by atoms with Gasteiger partial charge in [-0.25, -0.2) is 4.79 Å². The predicted molar refractivity (Wildman–Crippen MR) is 78.0 cm³/mol. The van der Waals surface area contributed by atoms with Gasteiger partial charge in [0.2, 0.25) is 0 Å². The minimum absolute atomic E-state index is 0.103. The van der Waals surface area contributed by atoms with Gasteiger partial charge in [-0.1, -0.05) is 13.3 Å². The molecule has 0 saturated carbocycles. The summed E-state index contributed by atoms with van der Waals surface area (Å²) < 4.78 is 16.2. The van der Waals surface area contributed by atoms with Gasteiger partial charge in [-0.3, -0.25) is 0 Å². The molecule has 6 heteroatoms. The molecule has 1 aromatic rings. The zero-order valence-electron chi connectivity index (χ0n) is 11.6. The summed E-state index contributed by atoms with van der Waals surface area (Å²) in [5, 5.41) is 9.12. The Morgan fingerprint density at radius 1 is 1.40 bits per heavy atom. The minimum Gasteiger partial charge on any atom is -0.493 e. The van der Waals surface area contributed by atoms with Crippen molar-refractivity contribution in [1.82, 2.24) is 0 Å². The number of ether oxygens (including phenoxy) is 3. The molecule has 0 heterocycles. The molecule has 0 unspecified atom stereocenters. The number of methoxy groups -OCH3 is 1. The summed E-state index contributed by atoms with van der Waals surface area (Å²) in [5.41, 5.74) is 0.687. The molecule has 0 radical (unpaired) electrons. The van der Waals surface area contributed by atoms with Crippen molar-refractivity contribution in [2.45, 2.75) is 26.4 Å². The van der Waals surface area contributed by atoms with Crippen LogP contribution in [-0.2, 0) is 16.1 Å². The molecule has 0 atom stereocenters. The van der Waals surface area contributed by atoms with Crippen molar-refractivity contribution in [3.8, 4) is 11.5 Å². The summed E-state index contributed by atoms with van der Waals surface area (Å²) in [6.45, 7) is 2.14. The number of aliphatic hydroxyl groups excluding tert-OH is 1. The third-order valence-corrected chi connectivity index (χ3v) is 3.16. The third-order valence-electron chi connectivity index (χ3n) is 2.57. The highest BCUT2D eigenvalue weighted by molar-refractivity contribution is 9.10. The third kappa shape index (κ3) is 5.02. The molecule has 0 aliphatic heterocycles. The lowest BCUT2D eigenvalue weighted by atomic mass is 10.2. The molecule has 0 bridgehead atoms. The molecule has 0 saturated heterocycles. The Morgan fingerprint density at radius 2 is 2.15 bits per heavy atom. The molecule has 112 valence electrons. The first-order valence-electron chi connectivity index (χ1n) is 6.38. The van der Waals surface area contributed by atoms with Crippen LogP contribution < -0.4 is 9.47 Å². The number of hydrogen-bond acceptors (Lipinski definition) is 5. The fourth-order valence-electron chi connectivity index (χ4n) is 1.51. The molecular weight excluding hydrogens is 328 g/mol. The fourth-order valence-corrected chi connectivity index (χ4v) is 2.11. The Morgan fingerprint density at radius 3 is 2.75 bits per heavy atom. The monoisotopic (exact) mass is 346 g/mol. The van der Waals surface area contributed by atoms with Crippen LogP contribution in [0.1, 0.15) is 25.3 Å². The summed E-state index contributed by atoms with van der Waals surface area (Å²) in [6.07, 6.45) is 1.81. The molecule has 0 amide bonds. The summed E-state index contributed by atoms with van der Waals surface area (Å²) in [7, 11) is 1.50. The van der Waals surface area contributed by atoms with Crippen LogP contribution >= 0.6 is 15.9 Å². The number of carbonyl (C=O) groups is 1. The molecular formula is C14H19BrO5. The summed E-state index contributed by atoms with van der Waals surface area (Å²) in [4.78, 5) is 11.5. The largest absolute Gasteiger partial charge is 0.493 e. The van der Waals surface area contributed by atoms with Crippen LogP contribution in [0.25, 0.3) is 0 Å². The van der Waals surface area contributed by atoms with Gasteiger partial charge in [0.1, 0.15) is 0 Å². The second-order valence-electron chi connectivity index (χ2n) is 4.13. The van der Waals surface area contributed by atoms with Gasteiger partial charge in [-0.15, -0.1) is 0 Å². The predicted octanol–water partition coefficient (Wildman–Crippen LogP) is 2.67. The van der Waals surface area contributed by atoms with Crippen LogP contribution in [0.15, 0.2) is 16.6 Å². The zero-order chi connectivity index (χ0) is 15.0. The van der Waals surface area contributed by atoms with Crippen LogP contribution in [0.3, 0.4) is 0 Å². The summed E-state index contributed by atoms with van der Waals surface area (Å²) in [6, 6.07) is 3.36. The first-order chi connectivity index (χ1) is 9.62. The van der Waals surface area contributed by atoms with Crippen molar-refractivity contribution in [3.63, 3.8) is 0 Å². The van der Waals surface area contributed by atoms with Crippen molar-refractivity contribution in [1.29, 1.82) is 0 Å². The second-order valence-corrected chi connectivity index (χ2v) is 4.98. The van der Waals surface area contributed by atoms with Crippen molar-refractivity contribution >= 4 is 21.9 Å². The molecule has 1 aromatic carbocycles. The summed E-state index contributed by atoms with van der Waals surface area (Å²) in [5.74, 6) is 0.445. The number of aliphatic hydroxyl groups is 1. The fraction of sp³-hybridized carbons (Fsp3) is 0.500. The van der Waals surface area contributed by atoms with E-state index in [0.717, 1.165) is 12.8 Å². The number of esters is 1. The highest BCUT2D eigenvalue weighted by Gasteiger charge is 2.13. The topological polar surface area (TPSA) is 65.0 Å². The van der Waals surface area contributed by atoms with Crippen LogP contribution in [-0.4, -0.2) is 31.4 Å². The van der Waals surface area contributed by atoms with Gasteiger partial charge in [-0.05, 0) is 40.0 Å². The first-order valence-corrected chi connectivity index (χ1v) is 7.17. The van der Waals surface area contributed by atoms with E-state index in [0.29, 0.717) is 28.1 Å². The van der Waals surface area contributed by atoms with Crippen molar-refractivity contribution in [3.05, 3.63) is 22.2 Å². The molecule has 0 fully saturated rings. The highest BCUT2D eigenvalue weighted by Crippen LogP contribution is 2.36. The maximum absolute atomic E-state index is 11.5. The Hall–Kier alpha value is -1.27. The van der Waals surface area contributed by atoms with Crippen molar-refractivity contribution in [2.24, 2.45) is 0 Å². The van der Waals surface area contributed by atoms with Gasteiger partial charge < -0.3 is 19.3 Å². The molecule has 5 nitrogen and oxygen atoms in total. The van der Waals surface area contributed by atoms with E-state index in [4.69, 9.17) is 19.3 Å². The Labute approximate surface area is 127 Å². The van der Waals surface area contributed by atoms with E-state index in [1.165, 1.54) is 7.11 Å². The van der Waals surface area contributed by atoms with Gasteiger partial charge in [0.15, 0.2) is 18.1 Å². The lowest BCUT2D eigenvalue weighted by Crippen LogP contribution is -2.16. The smallest absolute Gasteiger partial charge is 0.344 e. The number of benzene rings is 1. The normalized spacial score (nSPS) is 10.2. The van der Waals surface area contributed by atoms with Crippen LogP contribution in [0.2, 0.25) is 0 Å². The maximum atomic E-state index is 11.5. The van der Waals surface area contributed by atoms with Crippen LogP contribution in [0, 0.1) is 0 Å². The van der Waals surface area contributed by atoms with Crippen LogP contribution in [0.4, 0.5) is 0 Å². The molecule has 0 aliphatic carbocycles. The molecule has 20 heavy (non-hydrogen) atoms. The average molecular weight is 347 g/mol. The standard InChI is InChI=1S/C14H19BrO5/c1-3-4-5-19-13(17)9-20-14-11(15)6-10(8-16)7-12(14)18-2/h6-7,16H,3-5,8-9H2,1-2H3. The van der Waals surface area contributed by atoms with E-state index in [1.54, 1.807) is 12.1 Å². The molecule has 0 spiro atoms. The van der Waals surface area contributed by atoms with E-state index in [-0.39, 0.29) is 13.2 Å². The van der Waals surface area contributed by atoms with Gasteiger partial charge >= 0.3 is 5.97 Å². The number of unbranched alkanes of at least 4 members (excludes halogenated alkanes) is 1. The second kappa shape index (κ2) is 8.81. The van der Waals surface area contributed by atoms with E-state index >= 15 is 0 Å². The van der Waals surface area contributed by atoms with E-state index in [9.17, 15) is 4.79 Å². The number of hydrogen-bond donors (Lipinski definition) is 1. The minimum atomic E-state index is -0.418. The lowest BCUT2D eigenvalue weighted by Gasteiger charge is -2.13. The first kappa shape index (κ1) is 16.8. The molecule has 0 aromatic heterocycles. The maximum Gasteiger partial charge on any atom is 0.344 e. The SMILES string of the molecule is CCCCOC(=O)COc1c(Br)cc(CO)cc1OC. The van der Waals surface area contributed by atoms with Crippen molar-refractivity contribution < 1.29 is 24.1 Å². The Bertz CT molecular complexity index is 447. The molecule has 1 rings (SSSR count). The van der Waals surface area contributed by atoms with Gasteiger partial charge in [-0.2, -0.15) is 0 Å². The summed E-state index contributed by atoms with van der Waals surface area (Å²) >= 11 is 3.33. The van der Waals surface area contributed by atoms with Crippen molar-refractivity contribution in [2.75, 3.05) is 20.3 Å². The van der Waals surface area contributed by atoms with E-state index in [1.807, 2.05) is 6.92 Å². The van der Waals surface area contributed by atoms with Gasteiger partial charge in [0.05, 0.1) is 24.8 Å². The molecule has 1 N–H and O–H groups in total. The number of rotatable bonds is 8. The number of halogens is 1. The average Bonchev–Trinajstić information content (AvgIpc) is 2.45. The molecule has 0 aliphatic rings. The Balaban J connectivity index is 2.65. The van der Waals surface area contributed by atoms with Gasteiger partial charge in [0, 0.05) is 0 Å². The van der Waals surface area contributed by atoms with E-state index in [2.05, 4.69) is 15.9 Å². The zero-order valence-corrected chi connectivity index (χ0v) is 13.2. The quantitative estimate of drug-likeness (QED) is 0.579. The van der Waals surface area contributed by atoms with E-state index < -0.39 is 5.97 Å².